The molecule has 1 aromatic carbocycles. The van der Waals surface area contributed by atoms with Gasteiger partial charge >= 0.3 is 0 Å². The standard InChI is InChI=1S/C24H31ClN4O/c25-19-10-11-22(27-16-19)29-24(30)20-8-4-5-9-21(20)28-23(17-6-2-1-3-7-17)18-12-14-26-15-13-18/h4-5,8-11,16-18,23,26,28H,1-3,6-7,12-15H2,(H,27,29,30). The van der Waals surface area contributed by atoms with Crippen molar-refractivity contribution in [3.8, 4) is 0 Å². The van der Waals surface area contributed by atoms with Gasteiger partial charge < -0.3 is 16.0 Å². The molecule has 2 fully saturated rings. The number of hydrogen-bond acceptors (Lipinski definition) is 4. The van der Waals surface area contributed by atoms with Crippen LogP contribution >= 0.6 is 11.6 Å². The fourth-order valence-corrected chi connectivity index (χ4v) is 5.05. The lowest BCUT2D eigenvalue weighted by Gasteiger charge is -2.39. The highest BCUT2D eigenvalue weighted by Gasteiger charge is 2.32. The zero-order valence-electron chi connectivity index (χ0n) is 17.4. The second kappa shape index (κ2) is 10.3. The minimum absolute atomic E-state index is 0.152. The maximum atomic E-state index is 13.0. The quantitative estimate of drug-likeness (QED) is 0.582. The summed E-state index contributed by atoms with van der Waals surface area (Å²) in [5.41, 5.74) is 1.57. The van der Waals surface area contributed by atoms with E-state index in [1.807, 2.05) is 24.3 Å². The van der Waals surface area contributed by atoms with E-state index in [4.69, 9.17) is 11.6 Å². The van der Waals surface area contributed by atoms with Crippen molar-refractivity contribution >= 4 is 29.0 Å². The molecule has 0 spiro atoms. The molecule has 5 nitrogen and oxygen atoms in total. The second-order valence-corrected chi connectivity index (χ2v) is 8.95. The van der Waals surface area contributed by atoms with Crippen molar-refractivity contribution in [3.05, 3.63) is 53.2 Å². The van der Waals surface area contributed by atoms with Gasteiger partial charge in [0, 0.05) is 17.9 Å². The van der Waals surface area contributed by atoms with Crippen LogP contribution in [0.25, 0.3) is 0 Å². The number of carbonyl (C=O) groups is 1. The molecule has 2 aliphatic rings. The number of nitrogens with zero attached hydrogens (tertiary/aromatic N) is 1. The Morgan fingerprint density at radius 2 is 1.73 bits per heavy atom. The van der Waals surface area contributed by atoms with E-state index >= 15 is 0 Å². The zero-order valence-corrected chi connectivity index (χ0v) is 18.1. The van der Waals surface area contributed by atoms with Crippen molar-refractivity contribution in [2.24, 2.45) is 11.8 Å². The Hall–Kier alpha value is -2.11. The number of amides is 1. The molecule has 0 bridgehead atoms. The predicted octanol–water partition coefficient (Wildman–Crippen LogP) is 5.35. The third kappa shape index (κ3) is 5.32. The molecule has 6 heteroatoms. The number of anilines is 2. The summed E-state index contributed by atoms with van der Waals surface area (Å²) in [5.74, 6) is 1.67. The molecule has 1 amide bonds. The third-order valence-corrected chi connectivity index (χ3v) is 6.74. The number of hydrogen-bond donors (Lipinski definition) is 3. The Kier molecular flexibility index (Phi) is 7.24. The molecule has 4 rings (SSSR count). The maximum Gasteiger partial charge on any atom is 0.258 e. The summed E-state index contributed by atoms with van der Waals surface area (Å²) >= 11 is 5.91. The fraction of sp³-hybridized carbons (Fsp3) is 0.500. The van der Waals surface area contributed by atoms with Crippen LogP contribution < -0.4 is 16.0 Å². The number of carbonyl (C=O) groups excluding carboxylic acids is 1. The van der Waals surface area contributed by atoms with E-state index in [0.29, 0.717) is 34.3 Å². The minimum atomic E-state index is -0.152. The highest BCUT2D eigenvalue weighted by Crippen LogP contribution is 2.35. The van der Waals surface area contributed by atoms with Crippen LogP contribution in [0, 0.1) is 11.8 Å². The van der Waals surface area contributed by atoms with Gasteiger partial charge in [-0.2, -0.15) is 0 Å². The number of para-hydroxylation sites is 1. The molecule has 160 valence electrons. The summed E-state index contributed by atoms with van der Waals surface area (Å²) in [6.07, 6.45) is 10.5. The second-order valence-electron chi connectivity index (χ2n) is 8.52. The highest BCUT2D eigenvalue weighted by atomic mass is 35.5. The number of nitrogens with one attached hydrogen (secondary N) is 3. The van der Waals surface area contributed by atoms with E-state index in [9.17, 15) is 4.79 Å². The summed E-state index contributed by atoms with van der Waals surface area (Å²) < 4.78 is 0. The molecule has 30 heavy (non-hydrogen) atoms. The predicted molar refractivity (Wildman–Crippen MR) is 123 cm³/mol. The minimum Gasteiger partial charge on any atom is -0.381 e. The van der Waals surface area contributed by atoms with E-state index < -0.39 is 0 Å². The van der Waals surface area contributed by atoms with Gasteiger partial charge in [-0.3, -0.25) is 4.79 Å². The van der Waals surface area contributed by atoms with Gasteiger partial charge in [-0.25, -0.2) is 4.98 Å². The molecule has 1 aromatic heterocycles. The molecule has 1 atom stereocenters. The smallest absolute Gasteiger partial charge is 0.258 e. The van der Waals surface area contributed by atoms with Crippen molar-refractivity contribution in [1.82, 2.24) is 10.3 Å². The first-order chi connectivity index (χ1) is 14.7. The average Bonchev–Trinajstić information content (AvgIpc) is 2.80. The molecule has 2 heterocycles. The largest absolute Gasteiger partial charge is 0.381 e. The number of rotatable bonds is 6. The van der Waals surface area contributed by atoms with Crippen molar-refractivity contribution in [2.45, 2.75) is 51.0 Å². The van der Waals surface area contributed by atoms with Gasteiger partial charge in [-0.15, -0.1) is 0 Å². The van der Waals surface area contributed by atoms with Crippen molar-refractivity contribution in [1.29, 1.82) is 0 Å². The summed E-state index contributed by atoms with van der Waals surface area (Å²) in [7, 11) is 0. The Morgan fingerprint density at radius 1 is 1.00 bits per heavy atom. The lowest BCUT2D eigenvalue weighted by Crippen LogP contribution is -2.43. The monoisotopic (exact) mass is 426 g/mol. The molecular weight excluding hydrogens is 396 g/mol. The topological polar surface area (TPSA) is 66.0 Å². The van der Waals surface area contributed by atoms with E-state index in [0.717, 1.165) is 18.8 Å². The summed E-state index contributed by atoms with van der Waals surface area (Å²) in [6.45, 7) is 2.17. The van der Waals surface area contributed by atoms with Gasteiger partial charge in [0.15, 0.2) is 0 Å². The number of benzene rings is 1. The number of pyridine rings is 1. The van der Waals surface area contributed by atoms with Crippen LogP contribution in [0.4, 0.5) is 11.5 Å². The molecule has 3 N–H and O–H groups in total. The highest BCUT2D eigenvalue weighted by molar-refractivity contribution is 6.30. The van der Waals surface area contributed by atoms with Crippen LogP contribution in [-0.2, 0) is 0 Å². The van der Waals surface area contributed by atoms with Crippen molar-refractivity contribution in [3.63, 3.8) is 0 Å². The van der Waals surface area contributed by atoms with Crippen LogP contribution in [0.15, 0.2) is 42.6 Å². The first kappa shape index (κ1) is 21.1. The van der Waals surface area contributed by atoms with E-state index in [1.54, 1.807) is 12.1 Å². The van der Waals surface area contributed by atoms with Crippen LogP contribution in [0.5, 0.6) is 0 Å². The normalized spacial score (nSPS) is 19.2. The Bertz CT molecular complexity index is 811. The van der Waals surface area contributed by atoms with Crippen LogP contribution in [0.2, 0.25) is 5.02 Å². The fourth-order valence-electron chi connectivity index (χ4n) is 4.94. The lowest BCUT2D eigenvalue weighted by molar-refractivity contribution is 0.102. The number of piperidine rings is 1. The molecule has 1 saturated heterocycles. The molecule has 1 aliphatic carbocycles. The third-order valence-electron chi connectivity index (χ3n) is 6.51. The van der Waals surface area contributed by atoms with Gasteiger partial charge in [-0.05, 0) is 74.9 Å². The van der Waals surface area contributed by atoms with Crippen molar-refractivity contribution in [2.75, 3.05) is 23.7 Å². The van der Waals surface area contributed by atoms with E-state index in [-0.39, 0.29) is 5.91 Å². The van der Waals surface area contributed by atoms with Gasteiger partial charge in [0.2, 0.25) is 0 Å². The maximum absolute atomic E-state index is 13.0. The summed E-state index contributed by atoms with van der Waals surface area (Å²) in [6, 6.07) is 11.7. The molecule has 1 aliphatic heterocycles. The average molecular weight is 427 g/mol. The van der Waals surface area contributed by atoms with Gasteiger partial charge in [0.05, 0.1) is 10.6 Å². The first-order valence-electron chi connectivity index (χ1n) is 11.2. The Balaban J connectivity index is 1.54. The van der Waals surface area contributed by atoms with Crippen LogP contribution in [0.3, 0.4) is 0 Å². The van der Waals surface area contributed by atoms with Crippen LogP contribution in [0.1, 0.15) is 55.3 Å². The number of halogens is 1. The lowest BCUT2D eigenvalue weighted by atomic mass is 9.75. The molecule has 1 saturated carbocycles. The SMILES string of the molecule is O=C(Nc1ccc(Cl)cn1)c1ccccc1NC(C1CCCCC1)C1CCNCC1. The van der Waals surface area contributed by atoms with Gasteiger partial charge in [-0.1, -0.05) is 43.0 Å². The zero-order chi connectivity index (χ0) is 20.8. The van der Waals surface area contributed by atoms with Crippen LogP contribution in [-0.4, -0.2) is 30.0 Å². The first-order valence-corrected chi connectivity index (χ1v) is 11.6. The Labute approximate surface area is 184 Å². The van der Waals surface area contributed by atoms with Gasteiger partial charge in [0.1, 0.15) is 5.82 Å². The molecule has 2 aromatic rings. The number of aromatic nitrogens is 1. The Morgan fingerprint density at radius 3 is 2.47 bits per heavy atom. The molecule has 1 unspecified atom stereocenters. The van der Waals surface area contributed by atoms with E-state index in [1.165, 1.54) is 51.1 Å². The molecular formula is C24H31ClN4O. The summed E-state index contributed by atoms with van der Waals surface area (Å²) in [5, 5.41) is 10.8. The summed E-state index contributed by atoms with van der Waals surface area (Å²) in [4.78, 5) is 17.2. The van der Waals surface area contributed by atoms with Gasteiger partial charge in [0.25, 0.3) is 5.91 Å². The molecule has 0 radical (unpaired) electrons. The van der Waals surface area contributed by atoms with Crippen molar-refractivity contribution < 1.29 is 4.79 Å². The van der Waals surface area contributed by atoms with E-state index in [2.05, 4.69) is 20.9 Å².